The number of ether oxygens (including phenoxy) is 3. The molecule has 114 valence electrons. The smallest absolute Gasteiger partial charge is 0.0540 e. The average Bonchev–Trinajstić information content (AvgIpc) is 2.45. The molecule has 0 fully saturated rings. The van der Waals surface area contributed by atoms with Crippen LogP contribution in [0.25, 0.3) is 0 Å². The van der Waals surface area contributed by atoms with E-state index in [0.717, 1.165) is 19.3 Å². The quantitative estimate of drug-likeness (QED) is 0.716. The van der Waals surface area contributed by atoms with Crippen LogP contribution in [0.2, 0.25) is 0 Å². The summed E-state index contributed by atoms with van der Waals surface area (Å²) < 4.78 is 14.7. The average molecular weight is 264 g/mol. The van der Waals surface area contributed by atoms with Crippen molar-refractivity contribution in [2.45, 2.75) is 79.1 Å². The van der Waals surface area contributed by atoms with E-state index < -0.39 is 0 Å². The molecule has 0 aliphatic carbocycles. The van der Waals surface area contributed by atoms with E-state index in [1.54, 1.807) is 21.3 Å². The van der Waals surface area contributed by atoms with E-state index in [-0.39, 0.29) is 0 Å². The van der Waals surface area contributed by atoms with Crippen LogP contribution in [0.15, 0.2) is 0 Å². The normalized spacial score (nSPS) is 14.5. The summed E-state index contributed by atoms with van der Waals surface area (Å²) in [4.78, 5) is 0. The van der Waals surface area contributed by atoms with Crippen LogP contribution in [0.5, 0.6) is 0 Å². The minimum Gasteiger partial charge on any atom is -0.382 e. The van der Waals surface area contributed by atoms with E-state index in [1.807, 2.05) is 0 Å². The second-order valence-corrected chi connectivity index (χ2v) is 4.36. The molecule has 0 heterocycles. The van der Waals surface area contributed by atoms with Gasteiger partial charge in [0.05, 0.1) is 18.3 Å². The molecular formula is C15H36O3. The fourth-order valence-corrected chi connectivity index (χ4v) is 0.500. The van der Waals surface area contributed by atoms with Gasteiger partial charge in [-0.3, -0.25) is 0 Å². The summed E-state index contributed by atoms with van der Waals surface area (Å²) in [6.07, 6.45) is 4.63. The van der Waals surface area contributed by atoms with Crippen molar-refractivity contribution in [2.75, 3.05) is 21.3 Å². The molecule has 0 aliphatic rings. The summed E-state index contributed by atoms with van der Waals surface area (Å²) in [6.45, 7) is 12.5. The van der Waals surface area contributed by atoms with E-state index in [0.29, 0.717) is 18.3 Å². The second-order valence-electron chi connectivity index (χ2n) is 4.36. The monoisotopic (exact) mass is 264 g/mol. The first-order chi connectivity index (χ1) is 8.42. The number of hydrogen-bond acceptors (Lipinski definition) is 3. The van der Waals surface area contributed by atoms with Crippen molar-refractivity contribution in [3.8, 4) is 0 Å². The van der Waals surface area contributed by atoms with E-state index in [4.69, 9.17) is 14.2 Å². The Hall–Kier alpha value is -0.120. The van der Waals surface area contributed by atoms with Gasteiger partial charge in [0.25, 0.3) is 0 Å². The Balaban J connectivity index is -0.000000187. The van der Waals surface area contributed by atoms with Crippen LogP contribution >= 0.6 is 0 Å². The van der Waals surface area contributed by atoms with Crippen molar-refractivity contribution in [3.63, 3.8) is 0 Å². The molecule has 0 spiro atoms. The lowest BCUT2D eigenvalue weighted by atomic mass is 10.3. The van der Waals surface area contributed by atoms with E-state index >= 15 is 0 Å². The largest absolute Gasteiger partial charge is 0.382 e. The Morgan fingerprint density at radius 1 is 0.556 bits per heavy atom. The first-order valence-electron chi connectivity index (χ1n) is 7.01. The van der Waals surface area contributed by atoms with Gasteiger partial charge in [-0.25, -0.2) is 0 Å². The van der Waals surface area contributed by atoms with Crippen LogP contribution in [0.1, 0.15) is 60.8 Å². The van der Waals surface area contributed by atoms with Gasteiger partial charge in [0.15, 0.2) is 0 Å². The number of methoxy groups -OCH3 is 3. The molecule has 0 aliphatic heterocycles. The van der Waals surface area contributed by atoms with Gasteiger partial charge in [0.1, 0.15) is 0 Å². The van der Waals surface area contributed by atoms with Gasteiger partial charge in [-0.2, -0.15) is 0 Å². The second kappa shape index (κ2) is 19.2. The van der Waals surface area contributed by atoms with Crippen molar-refractivity contribution in [1.29, 1.82) is 0 Å². The maximum atomic E-state index is 4.90. The summed E-state index contributed by atoms with van der Waals surface area (Å²) in [5, 5.41) is 0. The topological polar surface area (TPSA) is 27.7 Å². The van der Waals surface area contributed by atoms with Crippen molar-refractivity contribution < 1.29 is 14.2 Å². The van der Waals surface area contributed by atoms with Crippen LogP contribution in [0.3, 0.4) is 0 Å². The summed E-state index contributed by atoms with van der Waals surface area (Å²) in [6, 6.07) is 0. The molecule has 0 bridgehead atoms. The van der Waals surface area contributed by atoms with Crippen LogP contribution < -0.4 is 0 Å². The summed E-state index contributed by atoms with van der Waals surface area (Å²) in [7, 11) is 5.19. The molecule has 0 aromatic heterocycles. The third kappa shape index (κ3) is 24.9. The van der Waals surface area contributed by atoms with Crippen molar-refractivity contribution in [3.05, 3.63) is 0 Å². The predicted octanol–water partition coefficient (Wildman–Crippen LogP) is 4.29. The molecule has 3 unspecified atom stereocenters. The Morgan fingerprint density at radius 3 is 0.722 bits per heavy atom. The van der Waals surface area contributed by atoms with E-state index in [9.17, 15) is 0 Å². The highest BCUT2D eigenvalue weighted by atomic mass is 16.5. The summed E-state index contributed by atoms with van der Waals surface area (Å²) in [5.74, 6) is 0. The van der Waals surface area contributed by atoms with Gasteiger partial charge in [0.2, 0.25) is 0 Å². The minimum atomic E-state index is 0.435. The van der Waals surface area contributed by atoms with Crippen molar-refractivity contribution in [1.82, 2.24) is 0 Å². The van der Waals surface area contributed by atoms with Crippen LogP contribution in [-0.2, 0) is 14.2 Å². The molecule has 0 saturated carbocycles. The Labute approximate surface area is 115 Å². The van der Waals surface area contributed by atoms with E-state index in [2.05, 4.69) is 41.5 Å². The first kappa shape index (κ1) is 23.0. The molecule has 0 N–H and O–H groups in total. The molecule has 3 atom stereocenters. The SMILES string of the molecule is CCC(C)OC.CCC(C)OC.CCC(C)OC. The maximum Gasteiger partial charge on any atom is 0.0540 e. The maximum absolute atomic E-state index is 4.90. The molecule has 3 heteroatoms. The van der Waals surface area contributed by atoms with Gasteiger partial charge in [0, 0.05) is 21.3 Å². The van der Waals surface area contributed by atoms with Gasteiger partial charge in [-0.1, -0.05) is 20.8 Å². The first-order valence-corrected chi connectivity index (χ1v) is 7.01. The van der Waals surface area contributed by atoms with Gasteiger partial charge < -0.3 is 14.2 Å². The lowest BCUT2D eigenvalue weighted by Gasteiger charge is -2.01. The predicted molar refractivity (Wildman–Crippen MR) is 80.3 cm³/mol. The standard InChI is InChI=1S/3C5H12O/c3*1-4-5(2)6-3/h3*5H,4H2,1-3H3. The molecule has 0 radical (unpaired) electrons. The zero-order valence-corrected chi connectivity index (χ0v) is 14.1. The lowest BCUT2D eigenvalue weighted by Crippen LogP contribution is -2.00. The molecule has 3 nitrogen and oxygen atoms in total. The van der Waals surface area contributed by atoms with E-state index in [1.165, 1.54) is 0 Å². The summed E-state index contributed by atoms with van der Waals surface area (Å²) >= 11 is 0. The Bertz CT molecular complexity index is 93.1. The third-order valence-corrected chi connectivity index (χ3v) is 2.93. The van der Waals surface area contributed by atoms with Crippen LogP contribution in [0, 0.1) is 0 Å². The highest BCUT2D eigenvalue weighted by Gasteiger charge is 1.89. The zero-order valence-electron chi connectivity index (χ0n) is 14.1. The lowest BCUT2D eigenvalue weighted by molar-refractivity contribution is 0.115. The summed E-state index contributed by atoms with van der Waals surface area (Å²) in [5.41, 5.74) is 0. The molecule has 0 rings (SSSR count). The Kier molecular flexibility index (Phi) is 24.6. The minimum absolute atomic E-state index is 0.435. The molecule has 0 amide bonds. The fourth-order valence-electron chi connectivity index (χ4n) is 0.500. The number of rotatable bonds is 6. The van der Waals surface area contributed by atoms with Crippen molar-refractivity contribution >= 4 is 0 Å². The fraction of sp³-hybridized carbons (Fsp3) is 1.00. The molecule has 18 heavy (non-hydrogen) atoms. The molecule has 0 aromatic carbocycles. The Morgan fingerprint density at radius 2 is 0.722 bits per heavy atom. The van der Waals surface area contributed by atoms with Gasteiger partial charge >= 0.3 is 0 Å². The van der Waals surface area contributed by atoms with Gasteiger partial charge in [-0.15, -0.1) is 0 Å². The highest BCUT2D eigenvalue weighted by molar-refractivity contribution is 4.39. The van der Waals surface area contributed by atoms with Crippen LogP contribution in [-0.4, -0.2) is 39.6 Å². The third-order valence-electron chi connectivity index (χ3n) is 2.93. The number of hydrogen-bond donors (Lipinski definition) is 0. The molecule has 0 aromatic rings. The molecule has 0 saturated heterocycles. The molecular weight excluding hydrogens is 228 g/mol. The zero-order chi connectivity index (χ0) is 15.0. The van der Waals surface area contributed by atoms with Crippen molar-refractivity contribution in [2.24, 2.45) is 0 Å². The van der Waals surface area contributed by atoms with Crippen LogP contribution in [0.4, 0.5) is 0 Å². The highest BCUT2D eigenvalue weighted by Crippen LogP contribution is 1.91. The van der Waals surface area contributed by atoms with Gasteiger partial charge in [-0.05, 0) is 40.0 Å².